The van der Waals surface area contributed by atoms with Crippen molar-refractivity contribution in [2.75, 3.05) is 46.3 Å². The van der Waals surface area contributed by atoms with Gasteiger partial charge in [-0.15, -0.1) is 0 Å². The Morgan fingerprint density at radius 1 is 1.42 bits per heavy atom. The molecule has 1 aromatic rings. The molecule has 2 rings (SSSR count). The van der Waals surface area contributed by atoms with E-state index < -0.39 is 0 Å². The first-order valence-electron chi connectivity index (χ1n) is 6.52. The summed E-state index contributed by atoms with van der Waals surface area (Å²) in [6.07, 6.45) is 3.72. The molecule has 0 amide bonds. The van der Waals surface area contributed by atoms with Crippen LogP contribution in [0.2, 0.25) is 0 Å². The summed E-state index contributed by atoms with van der Waals surface area (Å²) in [7, 11) is 5.82. The molecule has 1 N–H and O–H groups in total. The monoisotopic (exact) mass is 266 g/mol. The minimum Gasteiger partial charge on any atom is -0.481 e. The molecular formula is C13H22N4O2. The standard InChI is InChI=1S/C13H22N4O2/c1-17(2)13(5-8-19-9-6-13)10-15-12-14-7-4-11(16-12)18-3/h4,7H,5-6,8-10H2,1-3H3,(H,14,15,16). The summed E-state index contributed by atoms with van der Waals surface area (Å²) in [5, 5.41) is 3.31. The Morgan fingerprint density at radius 3 is 2.79 bits per heavy atom. The molecule has 0 aromatic carbocycles. The van der Waals surface area contributed by atoms with Gasteiger partial charge in [0.05, 0.1) is 7.11 Å². The van der Waals surface area contributed by atoms with Gasteiger partial charge in [-0.25, -0.2) is 4.98 Å². The van der Waals surface area contributed by atoms with Crippen molar-refractivity contribution >= 4 is 5.95 Å². The van der Waals surface area contributed by atoms with Gasteiger partial charge < -0.3 is 19.7 Å². The van der Waals surface area contributed by atoms with Crippen molar-refractivity contribution in [1.82, 2.24) is 14.9 Å². The van der Waals surface area contributed by atoms with E-state index in [9.17, 15) is 0 Å². The van der Waals surface area contributed by atoms with E-state index in [0.29, 0.717) is 11.8 Å². The van der Waals surface area contributed by atoms with Crippen LogP contribution in [0.5, 0.6) is 5.88 Å². The lowest BCUT2D eigenvalue weighted by atomic mass is 9.88. The van der Waals surface area contributed by atoms with Gasteiger partial charge in [0.1, 0.15) is 0 Å². The Hall–Kier alpha value is -1.40. The van der Waals surface area contributed by atoms with Crippen molar-refractivity contribution in [1.29, 1.82) is 0 Å². The van der Waals surface area contributed by atoms with Gasteiger partial charge in [-0.1, -0.05) is 0 Å². The van der Waals surface area contributed by atoms with E-state index >= 15 is 0 Å². The molecule has 1 aliphatic rings. The Labute approximate surface area is 114 Å². The molecular weight excluding hydrogens is 244 g/mol. The molecule has 6 nitrogen and oxygen atoms in total. The van der Waals surface area contributed by atoms with Crippen LogP contribution in [0.4, 0.5) is 5.95 Å². The third-order valence-corrected chi connectivity index (χ3v) is 3.79. The Balaban J connectivity index is 2.02. The van der Waals surface area contributed by atoms with Gasteiger partial charge in [0, 0.05) is 37.6 Å². The third-order valence-electron chi connectivity index (χ3n) is 3.79. The van der Waals surface area contributed by atoms with E-state index in [4.69, 9.17) is 9.47 Å². The second-order valence-corrected chi connectivity index (χ2v) is 5.01. The molecule has 1 aliphatic heterocycles. The van der Waals surface area contributed by atoms with Crippen LogP contribution >= 0.6 is 0 Å². The normalized spacial score (nSPS) is 18.3. The number of nitrogens with one attached hydrogen (secondary N) is 1. The van der Waals surface area contributed by atoms with E-state index in [1.807, 2.05) is 0 Å². The quantitative estimate of drug-likeness (QED) is 0.858. The number of anilines is 1. The number of aromatic nitrogens is 2. The van der Waals surface area contributed by atoms with Gasteiger partial charge in [-0.2, -0.15) is 4.98 Å². The maximum Gasteiger partial charge on any atom is 0.226 e. The maximum atomic E-state index is 5.46. The molecule has 0 atom stereocenters. The molecule has 0 bridgehead atoms. The first kappa shape index (κ1) is 14.0. The van der Waals surface area contributed by atoms with Crippen LogP contribution in [0.3, 0.4) is 0 Å². The summed E-state index contributed by atoms with van der Waals surface area (Å²) in [4.78, 5) is 10.7. The molecule has 19 heavy (non-hydrogen) atoms. The minimum absolute atomic E-state index is 0.102. The lowest BCUT2D eigenvalue weighted by Gasteiger charge is -2.42. The highest BCUT2D eigenvalue weighted by Gasteiger charge is 2.34. The van der Waals surface area contributed by atoms with Crippen LogP contribution in [0.25, 0.3) is 0 Å². The first-order valence-corrected chi connectivity index (χ1v) is 6.52. The lowest BCUT2D eigenvalue weighted by molar-refractivity contribution is -0.000708. The molecule has 106 valence electrons. The zero-order valence-corrected chi connectivity index (χ0v) is 11.8. The van der Waals surface area contributed by atoms with Gasteiger partial charge in [0.2, 0.25) is 11.8 Å². The van der Waals surface area contributed by atoms with Crippen LogP contribution in [0.15, 0.2) is 12.3 Å². The largest absolute Gasteiger partial charge is 0.481 e. The van der Waals surface area contributed by atoms with Gasteiger partial charge >= 0.3 is 0 Å². The van der Waals surface area contributed by atoms with Gasteiger partial charge in [-0.05, 0) is 26.9 Å². The van der Waals surface area contributed by atoms with Gasteiger partial charge in [0.15, 0.2) is 0 Å². The highest BCUT2D eigenvalue weighted by molar-refractivity contribution is 5.28. The fraction of sp³-hybridized carbons (Fsp3) is 0.692. The zero-order valence-electron chi connectivity index (χ0n) is 11.8. The SMILES string of the molecule is COc1ccnc(NCC2(N(C)C)CCOCC2)n1. The molecule has 0 aliphatic carbocycles. The molecule has 1 fully saturated rings. The first-order chi connectivity index (χ1) is 9.16. The second-order valence-electron chi connectivity index (χ2n) is 5.01. The van der Waals surface area contributed by atoms with E-state index in [2.05, 4.69) is 34.3 Å². The van der Waals surface area contributed by atoms with Crippen molar-refractivity contribution in [3.63, 3.8) is 0 Å². The summed E-state index contributed by atoms with van der Waals surface area (Å²) in [5.41, 5.74) is 0.102. The smallest absolute Gasteiger partial charge is 0.226 e. The molecule has 1 aromatic heterocycles. The van der Waals surface area contributed by atoms with E-state index in [1.165, 1.54) is 0 Å². The summed E-state index contributed by atoms with van der Waals surface area (Å²) in [6.45, 7) is 2.41. The molecule has 2 heterocycles. The number of likely N-dealkylation sites (N-methyl/N-ethyl adjacent to an activating group) is 1. The average molecular weight is 266 g/mol. The second kappa shape index (κ2) is 6.16. The Kier molecular flexibility index (Phi) is 4.55. The molecule has 6 heteroatoms. The van der Waals surface area contributed by atoms with Crippen LogP contribution in [-0.4, -0.2) is 61.4 Å². The summed E-state index contributed by atoms with van der Waals surface area (Å²) >= 11 is 0. The Bertz CT molecular complexity index is 405. The van der Waals surface area contributed by atoms with Crippen molar-refractivity contribution in [2.45, 2.75) is 18.4 Å². The number of rotatable bonds is 5. The van der Waals surface area contributed by atoms with E-state index in [-0.39, 0.29) is 5.54 Å². The number of hydrogen-bond acceptors (Lipinski definition) is 6. The average Bonchev–Trinajstić information content (AvgIpc) is 2.46. The molecule has 0 unspecified atom stereocenters. The number of nitrogens with zero attached hydrogens (tertiary/aromatic N) is 3. The molecule has 0 spiro atoms. The Morgan fingerprint density at radius 2 is 2.16 bits per heavy atom. The lowest BCUT2D eigenvalue weighted by Crippen LogP contribution is -2.53. The number of methoxy groups -OCH3 is 1. The highest BCUT2D eigenvalue weighted by atomic mass is 16.5. The summed E-state index contributed by atoms with van der Waals surface area (Å²) in [5.74, 6) is 1.18. The highest BCUT2D eigenvalue weighted by Crippen LogP contribution is 2.26. The topological polar surface area (TPSA) is 59.5 Å². The van der Waals surface area contributed by atoms with Gasteiger partial charge in [0.25, 0.3) is 0 Å². The van der Waals surface area contributed by atoms with Crippen molar-refractivity contribution in [3.05, 3.63) is 12.3 Å². The van der Waals surface area contributed by atoms with Crippen molar-refractivity contribution < 1.29 is 9.47 Å². The summed E-state index contributed by atoms with van der Waals surface area (Å²) in [6, 6.07) is 1.74. The minimum atomic E-state index is 0.102. The maximum absolute atomic E-state index is 5.46. The zero-order chi connectivity index (χ0) is 13.7. The predicted molar refractivity (Wildman–Crippen MR) is 73.5 cm³/mol. The van der Waals surface area contributed by atoms with Crippen molar-refractivity contribution in [2.24, 2.45) is 0 Å². The van der Waals surface area contributed by atoms with Crippen LogP contribution < -0.4 is 10.1 Å². The molecule has 0 saturated carbocycles. The number of hydrogen-bond donors (Lipinski definition) is 1. The fourth-order valence-electron chi connectivity index (χ4n) is 2.32. The predicted octanol–water partition coefficient (Wildman–Crippen LogP) is 1.01. The summed E-state index contributed by atoms with van der Waals surface area (Å²) < 4.78 is 10.6. The molecule has 0 radical (unpaired) electrons. The van der Waals surface area contributed by atoms with Crippen LogP contribution in [0, 0.1) is 0 Å². The van der Waals surface area contributed by atoms with Crippen LogP contribution in [0.1, 0.15) is 12.8 Å². The van der Waals surface area contributed by atoms with Crippen molar-refractivity contribution in [3.8, 4) is 5.88 Å². The van der Waals surface area contributed by atoms with Crippen LogP contribution in [-0.2, 0) is 4.74 Å². The van der Waals surface area contributed by atoms with E-state index in [0.717, 1.165) is 32.6 Å². The number of ether oxygens (including phenoxy) is 2. The van der Waals surface area contributed by atoms with Gasteiger partial charge in [-0.3, -0.25) is 0 Å². The fourth-order valence-corrected chi connectivity index (χ4v) is 2.32. The van der Waals surface area contributed by atoms with E-state index in [1.54, 1.807) is 19.4 Å². The third kappa shape index (κ3) is 3.33. The molecule has 1 saturated heterocycles.